The molecule has 2 aromatic rings. The van der Waals surface area contributed by atoms with Crippen molar-refractivity contribution < 1.29 is 5.11 Å². The Balaban J connectivity index is 2.41. The Kier molecular flexibility index (Phi) is 4.74. The highest BCUT2D eigenvalue weighted by atomic mass is 16.3. The lowest BCUT2D eigenvalue weighted by Gasteiger charge is -2.07. The van der Waals surface area contributed by atoms with E-state index in [1.807, 2.05) is 23.6 Å². The molecule has 0 atom stereocenters. The number of aliphatic imine (C=N–C) groups is 1. The van der Waals surface area contributed by atoms with Gasteiger partial charge in [-0.3, -0.25) is 8.97 Å². The van der Waals surface area contributed by atoms with E-state index in [1.165, 1.54) is 0 Å². The number of hydrogen-bond donors (Lipinski definition) is 1. The van der Waals surface area contributed by atoms with Crippen LogP contribution in [0.25, 0.3) is 17.9 Å². The van der Waals surface area contributed by atoms with Crippen molar-refractivity contribution in [2.24, 2.45) is 4.99 Å². The molecule has 5 heteroatoms. The van der Waals surface area contributed by atoms with E-state index >= 15 is 0 Å². The van der Waals surface area contributed by atoms with Gasteiger partial charge in [0.2, 0.25) is 11.7 Å². The molecule has 2 aliphatic rings. The second-order valence-corrected chi connectivity index (χ2v) is 6.02. The third kappa shape index (κ3) is 2.97. The molecular formula is C20H24N4O. The van der Waals surface area contributed by atoms with E-state index in [-0.39, 0.29) is 5.88 Å². The van der Waals surface area contributed by atoms with Crippen LogP contribution in [-0.2, 0) is 0 Å². The normalized spacial score (nSPS) is 17.1. The van der Waals surface area contributed by atoms with Gasteiger partial charge in [0.1, 0.15) is 5.84 Å². The minimum Gasteiger partial charge on any atom is -0.493 e. The van der Waals surface area contributed by atoms with Gasteiger partial charge in [-0.05, 0) is 64.8 Å². The zero-order valence-electron chi connectivity index (χ0n) is 15.2. The SMILES string of the molecule is C\C=C/C(=N\C(O)=C/C)n1c2c(C)n3c(C)c(nc13)/C=C\CCC=C2. The fraction of sp³-hybridized carbons (Fsp3) is 0.300. The number of rotatable bonds is 2. The second kappa shape index (κ2) is 6.97. The molecule has 0 radical (unpaired) electrons. The third-order valence-corrected chi connectivity index (χ3v) is 4.36. The molecule has 0 fully saturated rings. The summed E-state index contributed by atoms with van der Waals surface area (Å²) >= 11 is 0. The number of aromatic nitrogens is 3. The van der Waals surface area contributed by atoms with E-state index in [0.717, 1.165) is 41.4 Å². The summed E-state index contributed by atoms with van der Waals surface area (Å²) in [4.78, 5) is 9.20. The number of imidazole rings is 2. The summed E-state index contributed by atoms with van der Waals surface area (Å²) in [5.41, 5.74) is 4.21. The predicted octanol–water partition coefficient (Wildman–Crippen LogP) is 4.81. The van der Waals surface area contributed by atoms with E-state index in [2.05, 4.69) is 47.5 Å². The predicted molar refractivity (Wildman–Crippen MR) is 104 cm³/mol. The standard InChI is InChI=1S/C20H24N4O/c1-5-11-18(22-19(25)6-2)24-17-13-10-8-7-9-12-16-14(3)23(15(17)4)20(24)21-16/h5-6,9-13,25H,7-8H2,1-4H3/b11-5-,12-9-,13-10?,19-6+,22-18+. The molecule has 0 saturated carbocycles. The average Bonchev–Trinajstić information content (AvgIpc) is 3.02. The summed E-state index contributed by atoms with van der Waals surface area (Å²) in [7, 11) is 0. The van der Waals surface area contributed by atoms with E-state index in [4.69, 9.17) is 4.98 Å². The zero-order chi connectivity index (χ0) is 18.0. The largest absolute Gasteiger partial charge is 0.493 e. The summed E-state index contributed by atoms with van der Waals surface area (Å²) in [5, 5.41) is 9.95. The lowest BCUT2D eigenvalue weighted by molar-refractivity contribution is 0.405. The Labute approximate surface area is 148 Å². The molecule has 2 aromatic heterocycles. The van der Waals surface area contributed by atoms with Gasteiger partial charge < -0.3 is 5.11 Å². The van der Waals surface area contributed by atoms with Crippen LogP contribution in [0.15, 0.2) is 41.3 Å². The number of aryl methyl sites for hydroxylation is 2. The van der Waals surface area contributed by atoms with Crippen LogP contribution in [0.4, 0.5) is 0 Å². The smallest absolute Gasteiger partial charge is 0.221 e. The van der Waals surface area contributed by atoms with Crippen molar-refractivity contribution in [3.05, 3.63) is 59.0 Å². The van der Waals surface area contributed by atoms with Crippen molar-refractivity contribution in [1.29, 1.82) is 0 Å². The number of fused-ring (bicyclic) bond motifs is 3. The topological polar surface area (TPSA) is 54.8 Å². The molecule has 5 nitrogen and oxygen atoms in total. The van der Waals surface area contributed by atoms with Crippen LogP contribution in [0, 0.1) is 13.8 Å². The first kappa shape index (κ1) is 17.0. The molecule has 0 amide bonds. The van der Waals surface area contributed by atoms with Crippen molar-refractivity contribution in [2.75, 3.05) is 0 Å². The first-order chi connectivity index (χ1) is 12.1. The van der Waals surface area contributed by atoms with Crippen molar-refractivity contribution in [3.63, 3.8) is 0 Å². The van der Waals surface area contributed by atoms with Crippen LogP contribution in [0.5, 0.6) is 0 Å². The van der Waals surface area contributed by atoms with Gasteiger partial charge in [-0.15, -0.1) is 0 Å². The Morgan fingerprint density at radius 2 is 1.88 bits per heavy atom. The van der Waals surface area contributed by atoms with Crippen LogP contribution < -0.4 is 0 Å². The molecule has 25 heavy (non-hydrogen) atoms. The highest BCUT2D eigenvalue weighted by Crippen LogP contribution is 2.25. The van der Waals surface area contributed by atoms with Crippen molar-refractivity contribution in [3.8, 4) is 0 Å². The maximum Gasteiger partial charge on any atom is 0.221 e. The molecule has 0 spiro atoms. The molecule has 1 N–H and O–H groups in total. The minimum atomic E-state index is -0.0137. The molecule has 0 aliphatic carbocycles. The molecule has 0 unspecified atom stereocenters. The minimum absolute atomic E-state index is 0.0137. The number of allylic oxidation sites excluding steroid dienone is 5. The van der Waals surface area contributed by atoms with Gasteiger partial charge in [-0.25, -0.2) is 4.98 Å². The van der Waals surface area contributed by atoms with Crippen LogP contribution in [0.1, 0.15) is 49.5 Å². The quantitative estimate of drug-likeness (QED) is 0.486. The fourth-order valence-electron chi connectivity index (χ4n) is 3.09. The first-order valence-corrected chi connectivity index (χ1v) is 8.59. The maximum absolute atomic E-state index is 9.95. The Hall–Kier alpha value is -2.82. The van der Waals surface area contributed by atoms with E-state index < -0.39 is 0 Å². The van der Waals surface area contributed by atoms with E-state index in [0.29, 0.717) is 5.84 Å². The number of aliphatic hydroxyl groups is 1. The summed E-state index contributed by atoms with van der Waals surface area (Å²) in [6.07, 6.45) is 15.9. The highest BCUT2D eigenvalue weighted by molar-refractivity contribution is 5.99. The second-order valence-electron chi connectivity index (χ2n) is 6.02. The van der Waals surface area contributed by atoms with Crippen LogP contribution in [0.3, 0.4) is 0 Å². The van der Waals surface area contributed by atoms with Crippen LogP contribution >= 0.6 is 0 Å². The van der Waals surface area contributed by atoms with Gasteiger partial charge >= 0.3 is 0 Å². The Morgan fingerprint density at radius 1 is 1.16 bits per heavy atom. The lowest BCUT2D eigenvalue weighted by atomic mass is 10.2. The maximum atomic E-state index is 9.95. The van der Waals surface area contributed by atoms with E-state index in [1.54, 1.807) is 13.0 Å². The van der Waals surface area contributed by atoms with Gasteiger partial charge in [0.15, 0.2) is 0 Å². The Morgan fingerprint density at radius 3 is 2.56 bits per heavy atom. The third-order valence-electron chi connectivity index (χ3n) is 4.36. The number of nitrogens with zero attached hydrogens (tertiary/aromatic N) is 4. The van der Waals surface area contributed by atoms with Gasteiger partial charge in [-0.2, -0.15) is 4.99 Å². The van der Waals surface area contributed by atoms with E-state index in [9.17, 15) is 5.11 Å². The van der Waals surface area contributed by atoms with Gasteiger partial charge in [0.05, 0.1) is 11.4 Å². The Bertz CT molecular complexity index is 948. The van der Waals surface area contributed by atoms with Crippen molar-refractivity contribution in [1.82, 2.24) is 14.0 Å². The average molecular weight is 336 g/mol. The highest BCUT2D eigenvalue weighted by Gasteiger charge is 2.20. The van der Waals surface area contributed by atoms with Crippen LogP contribution in [0.2, 0.25) is 0 Å². The molecule has 4 heterocycles. The number of aliphatic hydroxyl groups excluding tert-OH is 1. The van der Waals surface area contributed by atoms with Crippen molar-refractivity contribution >= 4 is 23.8 Å². The molecule has 0 saturated heterocycles. The molecule has 130 valence electrons. The number of hydrogen-bond acceptors (Lipinski definition) is 3. The summed E-state index contributed by atoms with van der Waals surface area (Å²) in [6.45, 7) is 7.86. The van der Waals surface area contributed by atoms with Crippen molar-refractivity contribution in [2.45, 2.75) is 40.5 Å². The summed E-state index contributed by atoms with van der Waals surface area (Å²) in [6, 6.07) is 0. The summed E-state index contributed by atoms with van der Waals surface area (Å²) < 4.78 is 4.15. The fourth-order valence-corrected chi connectivity index (χ4v) is 3.09. The lowest BCUT2D eigenvalue weighted by Crippen LogP contribution is -2.12. The molecule has 4 rings (SSSR count). The molecular weight excluding hydrogens is 312 g/mol. The summed E-state index contributed by atoms with van der Waals surface area (Å²) in [5.74, 6) is 1.42. The van der Waals surface area contributed by atoms with Gasteiger partial charge in [0, 0.05) is 11.4 Å². The van der Waals surface area contributed by atoms with Gasteiger partial charge in [0.25, 0.3) is 0 Å². The first-order valence-electron chi connectivity index (χ1n) is 8.59. The van der Waals surface area contributed by atoms with Crippen LogP contribution in [-0.4, -0.2) is 24.9 Å². The molecule has 4 bridgehead atoms. The zero-order valence-corrected chi connectivity index (χ0v) is 15.2. The monoisotopic (exact) mass is 336 g/mol. The molecule has 2 aliphatic heterocycles. The molecule has 0 aromatic carbocycles. The van der Waals surface area contributed by atoms with Gasteiger partial charge in [-0.1, -0.05) is 18.2 Å².